The molecule has 5 nitrogen and oxygen atoms in total. The van der Waals surface area contributed by atoms with Gasteiger partial charge in [0.2, 0.25) is 0 Å². The fourth-order valence-electron chi connectivity index (χ4n) is 2.56. The first kappa shape index (κ1) is 15.8. The predicted octanol–water partition coefficient (Wildman–Crippen LogP) is 1.75. The van der Waals surface area contributed by atoms with E-state index in [9.17, 15) is 4.79 Å². The zero-order chi connectivity index (χ0) is 15.2. The van der Waals surface area contributed by atoms with Crippen molar-refractivity contribution in [2.45, 2.75) is 51.7 Å². The molecule has 0 saturated carbocycles. The quantitative estimate of drug-likeness (QED) is 0.897. The number of piperidine rings is 1. The number of carbonyl (C=O) groups is 1. The van der Waals surface area contributed by atoms with Gasteiger partial charge >= 0.3 is 0 Å². The normalized spacial score (nSPS) is 18.1. The summed E-state index contributed by atoms with van der Waals surface area (Å²) in [5, 5.41) is 0. The largest absolute Gasteiger partial charge is 0.479 e. The smallest absolute Gasteiger partial charge is 0.263 e. The summed E-state index contributed by atoms with van der Waals surface area (Å²) >= 11 is 0. The number of nitrogens with zero attached hydrogens (tertiary/aromatic N) is 2. The van der Waals surface area contributed by atoms with E-state index in [1.807, 2.05) is 24.0 Å². The van der Waals surface area contributed by atoms with Gasteiger partial charge in [-0.25, -0.2) is 0 Å². The van der Waals surface area contributed by atoms with Crippen LogP contribution < -0.4 is 10.5 Å². The van der Waals surface area contributed by atoms with Gasteiger partial charge < -0.3 is 15.4 Å². The zero-order valence-corrected chi connectivity index (χ0v) is 12.9. The molecule has 1 fully saturated rings. The van der Waals surface area contributed by atoms with Crippen molar-refractivity contribution in [3.63, 3.8) is 0 Å². The SMILES string of the molecule is CC(N)Cc1ccc(OC(C)C(=O)N2CCCCC2)cn1. The molecule has 1 saturated heterocycles. The van der Waals surface area contributed by atoms with Crippen LogP contribution in [0.4, 0.5) is 0 Å². The second kappa shape index (κ2) is 7.41. The molecule has 2 N–H and O–H groups in total. The maximum Gasteiger partial charge on any atom is 0.263 e. The Balaban J connectivity index is 1.89. The van der Waals surface area contributed by atoms with Crippen LogP contribution >= 0.6 is 0 Å². The monoisotopic (exact) mass is 291 g/mol. The highest BCUT2D eigenvalue weighted by Crippen LogP contribution is 2.15. The van der Waals surface area contributed by atoms with Crippen LogP contribution in [-0.2, 0) is 11.2 Å². The van der Waals surface area contributed by atoms with Crippen molar-refractivity contribution in [1.29, 1.82) is 0 Å². The van der Waals surface area contributed by atoms with Crippen molar-refractivity contribution in [2.24, 2.45) is 5.73 Å². The number of amides is 1. The Hall–Kier alpha value is -1.62. The highest BCUT2D eigenvalue weighted by atomic mass is 16.5. The van der Waals surface area contributed by atoms with Gasteiger partial charge in [-0.2, -0.15) is 0 Å². The molecule has 116 valence electrons. The Morgan fingerprint density at radius 2 is 2.05 bits per heavy atom. The molecule has 5 heteroatoms. The molecule has 0 spiro atoms. The molecule has 1 aliphatic heterocycles. The maximum absolute atomic E-state index is 12.3. The Morgan fingerprint density at radius 3 is 2.62 bits per heavy atom. The van der Waals surface area contributed by atoms with Gasteiger partial charge in [-0.3, -0.25) is 9.78 Å². The molecule has 1 aromatic heterocycles. The Morgan fingerprint density at radius 1 is 1.33 bits per heavy atom. The third-order valence-corrected chi connectivity index (χ3v) is 3.66. The number of hydrogen-bond donors (Lipinski definition) is 1. The number of pyridine rings is 1. The molecule has 2 heterocycles. The molecule has 2 atom stereocenters. The number of carbonyl (C=O) groups excluding carboxylic acids is 1. The van der Waals surface area contributed by atoms with Crippen molar-refractivity contribution in [3.05, 3.63) is 24.0 Å². The minimum absolute atomic E-state index is 0.0642. The first-order chi connectivity index (χ1) is 10.1. The van der Waals surface area contributed by atoms with E-state index < -0.39 is 6.10 Å². The molecule has 2 rings (SSSR count). The van der Waals surface area contributed by atoms with Crippen LogP contribution in [-0.4, -0.2) is 41.0 Å². The molecule has 0 aliphatic carbocycles. The van der Waals surface area contributed by atoms with Crippen LogP contribution in [0.1, 0.15) is 38.8 Å². The van der Waals surface area contributed by atoms with Gasteiger partial charge in [-0.05, 0) is 45.2 Å². The van der Waals surface area contributed by atoms with Gasteiger partial charge in [0.1, 0.15) is 5.75 Å². The predicted molar refractivity (Wildman–Crippen MR) is 82.1 cm³/mol. The average molecular weight is 291 g/mol. The summed E-state index contributed by atoms with van der Waals surface area (Å²) in [6.07, 6.45) is 5.33. The van der Waals surface area contributed by atoms with E-state index >= 15 is 0 Å². The average Bonchev–Trinajstić information content (AvgIpc) is 2.49. The van der Waals surface area contributed by atoms with Crippen LogP contribution in [0.3, 0.4) is 0 Å². The zero-order valence-electron chi connectivity index (χ0n) is 12.9. The standard InChI is InChI=1S/C16H25N3O2/c1-12(17)10-14-6-7-15(11-18-14)21-13(2)16(20)19-8-4-3-5-9-19/h6-7,11-13H,3-5,8-10,17H2,1-2H3. The lowest BCUT2D eigenvalue weighted by atomic mass is 10.1. The summed E-state index contributed by atoms with van der Waals surface area (Å²) < 4.78 is 5.70. The van der Waals surface area contributed by atoms with E-state index in [2.05, 4.69) is 4.98 Å². The number of nitrogens with two attached hydrogens (primary N) is 1. The summed E-state index contributed by atoms with van der Waals surface area (Å²) in [5.41, 5.74) is 6.68. The topological polar surface area (TPSA) is 68.5 Å². The lowest BCUT2D eigenvalue weighted by Crippen LogP contribution is -2.43. The van der Waals surface area contributed by atoms with Crippen LogP contribution in [0.5, 0.6) is 5.75 Å². The Kier molecular flexibility index (Phi) is 5.56. The first-order valence-electron chi connectivity index (χ1n) is 7.72. The van der Waals surface area contributed by atoms with Crippen LogP contribution in [0.2, 0.25) is 0 Å². The van der Waals surface area contributed by atoms with E-state index in [-0.39, 0.29) is 11.9 Å². The van der Waals surface area contributed by atoms with E-state index in [1.54, 1.807) is 13.1 Å². The van der Waals surface area contributed by atoms with Crippen molar-refractivity contribution < 1.29 is 9.53 Å². The number of likely N-dealkylation sites (tertiary alicyclic amines) is 1. The summed E-state index contributed by atoms with van der Waals surface area (Å²) in [6, 6.07) is 3.84. The second-order valence-corrected chi connectivity index (χ2v) is 5.81. The van der Waals surface area contributed by atoms with Crippen LogP contribution in [0, 0.1) is 0 Å². The molecular weight excluding hydrogens is 266 g/mol. The van der Waals surface area contributed by atoms with Crippen molar-refractivity contribution >= 4 is 5.91 Å². The van der Waals surface area contributed by atoms with Gasteiger partial charge in [0, 0.05) is 31.2 Å². The van der Waals surface area contributed by atoms with Crippen molar-refractivity contribution in [2.75, 3.05) is 13.1 Å². The summed E-state index contributed by atoms with van der Waals surface area (Å²) in [5.74, 6) is 0.690. The van der Waals surface area contributed by atoms with Crippen LogP contribution in [0.25, 0.3) is 0 Å². The van der Waals surface area contributed by atoms with E-state index in [1.165, 1.54) is 6.42 Å². The number of hydrogen-bond acceptors (Lipinski definition) is 4. The lowest BCUT2D eigenvalue weighted by molar-refractivity contribution is -0.138. The van der Waals surface area contributed by atoms with Gasteiger partial charge in [0.25, 0.3) is 5.91 Å². The number of ether oxygens (including phenoxy) is 1. The van der Waals surface area contributed by atoms with E-state index in [0.29, 0.717) is 5.75 Å². The summed E-state index contributed by atoms with van der Waals surface area (Å²) in [4.78, 5) is 18.5. The highest BCUT2D eigenvalue weighted by molar-refractivity contribution is 5.80. The number of rotatable bonds is 5. The minimum Gasteiger partial charge on any atom is -0.479 e. The van der Waals surface area contributed by atoms with Gasteiger partial charge in [-0.15, -0.1) is 0 Å². The molecule has 0 bridgehead atoms. The van der Waals surface area contributed by atoms with Crippen molar-refractivity contribution in [3.8, 4) is 5.75 Å². The van der Waals surface area contributed by atoms with Crippen LogP contribution in [0.15, 0.2) is 18.3 Å². The van der Waals surface area contributed by atoms with Gasteiger partial charge in [0.15, 0.2) is 6.10 Å². The van der Waals surface area contributed by atoms with E-state index in [4.69, 9.17) is 10.5 Å². The Bertz CT molecular complexity index is 453. The molecular formula is C16H25N3O2. The molecule has 1 aliphatic rings. The maximum atomic E-state index is 12.3. The third-order valence-electron chi connectivity index (χ3n) is 3.66. The molecule has 0 aromatic carbocycles. The highest BCUT2D eigenvalue weighted by Gasteiger charge is 2.23. The second-order valence-electron chi connectivity index (χ2n) is 5.81. The molecule has 1 aromatic rings. The van der Waals surface area contributed by atoms with Gasteiger partial charge in [0.05, 0.1) is 6.20 Å². The Labute approximate surface area is 126 Å². The molecule has 1 amide bonds. The molecule has 2 unspecified atom stereocenters. The van der Waals surface area contributed by atoms with Crippen molar-refractivity contribution in [1.82, 2.24) is 9.88 Å². The minimum atomic E-state index is -0.468. The van der Waals surface area contributed by atoms with Gasteiger partial charge in [-0.1, -0.05) is 0 Å². The number of aromatic nitrogens is 1. The fraction of sp³-hybridized carbons (Fsp3) is 0.625. The first-order valence-corrected chi connectivity index (χ1v) is 7.72. The lowest BCUT2D eigenvalue weighted by Gasteiger charge is -2.29. The summed E-state index contributed by atoms with van der Waals surface area (Å²) in [7, 11) is 0. The fourth-order valence-corrected chi connectivity index (χ4v) is 2.56. The molecule has 21 heavy (non-hydrogen) atoms. The molecule has 0 radical (unpaired) electrons. The summed E-state index contributed by atoms with van der Waals surface area (Å²) in [6.45, 7) is 5.44. The van der Waals surface area contributed by atoms with E-state index in [0.717, 1.165) is 38.0 Å². The third kappa shape index (κ3) is 4.70.